The second kappa shape index (κ2) is 5.61. The summed E-state index contributed by atoms with van der Waals surface area (Å²) in [6.45, 7) is 0. The van der Waals surface area contributed by atoms with E-state index in [-0.39, 0.29) is 6.04 Å². The van der Waals surface area contributed by atoms with Crippen molar-refractivity contribution < 1.29 is 0 Å². The molecule has 0 fully saturated rings. The summed E-state index contributed by atoms with van der Waals surface area (Å²) in [5.41, 5.74) is 3.01. The van der Waals surface area contributed by atoms with Gasteiger partial charge in [0.05, 0.1) is 17.3 Å². The van der Waals surface area contributed by atoms with E-state index in [2.05, 4.69) is 17.4 Å². The van der Waals surface area contributed by atoms with Crippen molar-refractivity contribution in [2.45, 2.75) is 6.04 Å². The molecule has 0 aliphatic carbocycles. The lowest BCUT2D eigenvalue weighted by molar-refractivity contribution is 0.674. The highest BCUT2D eigenvalue weighted by Gasteiger charge is 2.16. The van der Waals surface area contributed by atoms with Crippen molar-refractivity contribution in [1.29, 1.82) is 0 Å². The molecule has 0 spiro atoms. The van der Waals surface area contributed by atoms with Crippen molar-refractivity contribution in [1.82, 2.24) is 10.3 Å². The molecule has 20 heavy (non-hydrogen) atoms. The SMILES string of the molecule is CNC(c1ccc2ccccc2n1)c1ccccc1Cl. The monoisotopic (exact) mass is 282 g/mol. The number of benzene rings is 2. The van der Waals surface area contributed by atoms with Crippen LogP contribution in [0, 0.1) is 0 Å². The van der Waals surface area contributed by atoms with Crippen molar-refractivity contribution in [3.63, 3.8) is 0 Å². The number of hydrogen-bond acceptors (Lipinski definition) is 2. The van der Waals surface area contributed by atoms with E-state index in [0.717, 1.165) is 27.2 Å². The van der Waals surface area contributed by atoms with Gasteiger partial charge < -0.3 is 5.32 Å². The van der Waals surface area contributed by atoms with Crippen LogP contribution in [-0.2, 0) is 0 Å². The van der Waals surface area contributed by atoms with Crippen LogP contribution in [0.15, 0.2) is 60.7 Å². The number of pyridine rings is 1. The smallest absolute Gasteiger partial charge is 0.0763 e. The third-order valence-corrected chi connectivity index (χ3v) is 3.76. The van der Waals surface area contributed by atoms with Gasteiger partial charge in [0.25, 0.3) is 0 Å². The van der Waals surface area contributed by atoms with E-state index in [9.17, 15) is 0 Å². The lowest BCUT2D eigenvalue weighted by Crippen LogP contribution is -2.19. The number of nitrogens with zero attached hydrogens (tertiary/aromatic N) is 1. The third-order valence-electron chi connectivity index (χ3n) is 3.42. The Hall–Kier alpha value is -1.90. The molecule has 1 unspecified atom stereocenters. The van der Waals surface area contributed by atoms with Crippen LogP contribution < -0.4 is 5.32 Å². The van der Waals surface area contributed by atoms with Crippen LogP contribution in [0.3, 0.4) is 0 Å². The van der Waals surface area contributed by atoms with E-state index in [1.807, 2.05) is 55.6 Å². The van der Waals surface area contributed by atoms with E-state index in [4.69, 9.17) is 16.6 Å². The summed E-state index contributed by atoms with van der Waals surface area (Å²) in [4.78, 5) is 4.74. The summed E-state index contributed by atoms with van der Waals surface area (Å²) in [6.07, 6.45) is 0. The first-order chi connectivity index (χ1) is 9.79. The van der Waals surface area contributed by atoms with Crippen LogP contribution in [0.4, 0.5) is 0 Å². The van der Waals surface area contributed by atoms with Gasteiger partial charge in [-0.15, -0.1) is 0 Å². The number of hydrogen-bond donors (Lipinski definition) is 1. The van der Waals surface area contributed by atoms with E-state index >= 15 is 0 Å². The highest BCUT2D eigenvalue weighted by molar-refractivity contribution is 6.31. The number of nitrogens with one attached hydrogen (secondary N) is 1. The fourth-order valence-corrected chi connectivity index (χ4v) is 2.66. The Morgan fingerprint density at radius 1 is 0.950 bits per heavy atom. The van der Waals surface area contributed by atoms with Crippen LogP contribution in [0.1, 0.15) is 17.3 Å². The predicted octanol–water partition coefficient (Wildman–Crippen LogP) is 4.20. The maximum atomic E-state index is 6.30. The highest BCUT2D eigenvalue weighted by Crippen LogP contribution is 2.27. The van der Waals surface area contributed by atoms with E-state index < -0.39 is 0 Å². The average molecular weight is 283 g/mol. The molecule has 100 valence electrons. The van der Waals surface area contributed by atoms with E-state index in [1.54, 1.807) is 0 Å². The van der Waals surface area contributed by atoms with Gasteiger partial charge in [-0.3, -0.25) is 4.98 Å². The quantitative estimate of drug-likeness (QED) is 0.779. The fraction of sp³-hybridized carbons (Fsp3) is 0.118. The van der Waals surface area contributed by atoms with Crippen LogP contribution >= 0.6 is 11.6 Å². The van der Waals surface area contributed by atoms with Gasteiger partial charge in [-0.25, -0.2) is 0 Å². The Balaban J connectivity index is 2.10. The number of halogens is 1. The summed E-state index contributed by atoms with van der Waals surface area (Å²) in [5, 5.41) is 5.19. The molecule has 1 aromatic heterocycles. The topological polar surface area (TPSA) is 24.9 Å². The summed E-state index contributed by atoms with van der Waals surface area (Å²) in [6, 6.07) is 20.1. The van der Waals surface area contributed by atoms with Crippen molar-refractivity contribution in [2.75, 3.05) is 7.05 Å². The Morgan fingerprint density at radius 3 is 2.50 bits per heavy atom. The number of aromatic nitrogens is 1. The van der Waals surface area contributed by atoms with Crippen molar-refractivity contribution in [3.05, 3.63) is 76.9 Å². The molecular formula is C17H15ClN2. The molecule has 3 rings (SSSR count). The number of para-hydroxylation sites is 1. The van der Waals surface area contributed by atoms with E-state index in [1.165, 1.54) is 0 Å². The molecule has 3 aromatic rings. The van der Waals surface area contributed by atoms with Crippen LogP contribution in [-0.4, -0.2) is 12.0 Å². The van der Waals surface area contributed by atoms with Crippen LogP contribution in [0.5, 0.6) is 0 Å². The molecule has 3 heteroatoms. The summed E-state index contributed by atoms with van der Waals surface area (Å²) < 4.78 is 0. The Morgan fingerprint density at radius 2 is 1.70 bits per heavy atom. The van der Waals surface area contributed by atoms with Gasteiger partial charge >= 0.3 is 0 Å². The Bertz CT molecular complexity index is 740. The molecule has 1 heterocycles. The predicted molar refractivity (Wildman–Crippen MR) is 84.1 cm³/mol. The minimum atomic E-state index is -0.00620. The highest BCUT2D eigenvalue weighted by atomic mass is 35.5. The summed E-state index contributed by atoms with van der Waals surface area (Å²) in [5.74, 6) is 0. The summed E-state index contributed by atoms with van der Waals surface area (Å²) >= 11 is 6.30. The first-order valence-corrected chi connectivity index (χ1v) is 6.95. The zero-order valence-corrected chi connectivity index (χ0v) is 11.9. The molecule has 0 aliphatic heterocycles. The van der Waals surface area contributed by atoms with Crippen molar-refractivity contribution >= 4 is 22.5 Å². The van der Waals surface area contributed by atoms with Crippen LogP contribution in [0.25, 0.3) is 10.9 Å². The minimum absolute atomic E-state index is 0.00620. The molecule has 1 atom stereocenters. The molecule has 0 bridgehead atoms. The van der Waals surface area contributed by atoms with Crippen molar-refractivity contribution in [3.8, 4) is 0 Å². The molecule has 0 amide bonds. The molecule has 0 aliphatic rings. The molecule has 0 saturated heterocycles. The Kier molecular flexibility index (Phi) is 3.68. The first kappa shape index (κ1) is 13.1. The zero-order valence-electron chi connectivity index (χ0n) is 11.2. The van der Waals surface area contributed by atoms with Gasteiger partial charge in [-0.1, -0.05) is 54.1 Å². The molecule has 0 saturated carbocycles. The second-order valence-electron chi connectivity index (χ2n) is 4.67. The van der Waals surface area contributed by atoms with Gasteiger partial charge in [-0.05, 0) is 30.8 Å². The standard InChI is InChI=1S/C17H15ClN2/c1-19-17(13-7-3-4-8-14(13)18)16-11-10-12-6-2-5-9-15(12)20-16/h2-11,17,19H,1H3. The number of fused-ring (bicyclic) bond motifs is 1. The van der Waals surface area contributed by atoms with E-state index in [0.29, 0.717) is 0 Å². The maximum Gasteiger partial charge on any atom is 0.0763 e. The normalized spacial score (nSPS) is 12.5. The second-order valence-corrected chi connectivity index (χ2v) is 5.08. The molecule has 1 N–H and O–H groups in total. The zero-order chi connectivity index (χ0) is 13.9. The maximum absolute atomic E-state index is 6.30. The van der Waals surface area contributed by atoms with Gasteiger partial charge in [0.2, 0.25) is 0 Å². The lowest BCUT2D eigenvalue weighted by Gasteiger charge is -2.18. The van der Waals surface area contributed by atoms with Gasteiger partial charge in [-0.2, -0.15) is 0 Å². The minimum Gasteiger partial charge on any atom is -0.308 e. The average Bonchev–Trinajstić information content (AvgIpc) is 2.50. The molecule has 2 aromatic carbocycles. The number of rotatable bonds is 3. The molecule has 0 radical (unpaired) electrons. The lowest BCUT2D eigenvalue weighted by atomic mass is 10.0. The summed E-state index contributed by atoms with van der Waals surface area (Å²) in [7, 11) is 1.92. The van der Waals surface area contributed by atoms with Gasteiger partial charge in [0.1, 0.15) is 0 Å². The molecular weight excluding hydrogens is 268 g/mol. The fourth-order valence-electron chi connectivity index (χ4n) is 2.41. The van der Waals surface area contributed by atoms with Gasteiger partial charge in [0, 0.05) is 10.4 Å². The Labute approximate surface area is 123 Å². The first-order valence-electron chi connectivity index (χ1n) is 6.57. The largest absolute Gasteiger partial charge is 0.308 e. The van der Waals surface area contributed by atoms with Crippen LogP contribution in [0.2, 0.25) is 5.02 Å². The molecule has 2 nitrogen and oxygen atoms in total. The third kappa shape index (κ3) is 2.40. The van der Waals surface area contributed by atoms with Gasteiger partial charge in [0.15, 0.2) is 0 Å². The van der Waals surface area contributed by atoms with Crippen molar-refractivity contribution in [2.24, 2.45) is 0 Å².